The van der Waals surface area contributed by atoms with Crippen molar-refractivity contribution in [1.29, 1.82) is 0 Å². The van der Waals surface area contributed by atoms with Crippen molar-refractivity contribution in [2.24, 2.45) is 4.99 Å². The second-order valence-corrected chi connectivity index (χ2v) is 5.58. The number of nitrogens with zero attached hydrogens (tertiary/aromatic N) is 3. The van der Waals surface area contributed by atoms with Gasteiger partial charge in [0.15, 0.2) is 5.96 Å². The normalized spacial score (nSPS) is 13.3. The van der Waals surface area contributed by atoms with Gasteiger partial charge in [0.05, 0.1) is 18.9 Å². The van der Waals surface area contributed by atoms with Gasteiger partial charge in [0, 0.05) is 32.6 Å². The van der Waals surface area contributed by atoms with Gasteiger partial charge >= 0.3 is 0 Å². The third-order valence-electron chi connectivity index (χ3n) is 2.92. The van der Waals surface area contributed by atoms with Crippen molar-refractivity contribution in [2.45, 2.75) is 32.9 Å². The van der Waals surface area contributed by atoms with Crippen LogP contribution in [-0.2, 0) is 11.3 Å². The summed E-state index contributed by atoms with van der Waals surface area (Å²) >= 11 is 1.60. The Labute approximate surface area is 130 Å². The number of aliphatic imine (C=N–C) groups is 1. The Balaban J connectivity index is 2.65. The molecule has 5 nitrogen and oxygen atoms in total. The van der Waals surface area contributed by atoms with Gasteiger partial charge in [0.1, 0.15) is 11.1 Å². The van der Waals surface area contributed by atoms with Crippen LogP contribution in [0.1, 0.15) is 37.1 Å². The van der Waals surface area contributed by atoms with Crippen LogP contribution in [0.15, 0.2) is 10.4 Å². The Hall–Kier alpha value is -1.21. The number of hydrogen-bond acceptors (Lipinski definition) is 4. The quantitative estimate of drug-likeness (QED) is 0.455. The van der Waals surface area contributed by atoms with Gasteiger partial charge in [0.25, 0.3) is 0 Å². The number of alkyl halides is 1. The Morgan fingerprint density at radius 2 is 2.38 bits per heavy atom. The van der Waals surface area contributed by atoms with E-state index < -0.39 is 0 Å². The standard InChI is InChI=1S/C14H25FN4OS/c1-5-16-14(17-8-6-7-15)19(3)9-12-10-21-13(18-12)11(2)20-4/h10-11H,5-9H2,1-4H3,(H,16,17). The Bertz CT molecular complexity index is 438. The maximum Gasteiger partial charge on any atom is 0.194 e. The van der Waals surface area contributed by atoms with Gasteiger partial charge in [-0.05, 0) is 20.3 Å². The van der Waals surface area contributed by atoms with Crippen molar-refractivity contribution in [2.75, 3.05) is 33.9 Å². The van der Waals surface area contributed by atoms with Gasteiger partial charge in [-0.25, -0.2) is 4.98 Å². The van der Waals surface area contributed by atoms with Crippen molar-refractivity contribution in [1.82, 2.24) is 15.2 Å². The Kier molecular flexibility index (Phi) is 8.22. The summed E-state index contributed by atoms with van der Waals surface area (Å²) in [6.45, 7) is 5.59. The number of halogens is 1. The topological polar surface area (TPSA) is 49.8 Å². The maximum absolute atomic E-state index is 12.2. The molecule has 0 amide bonds. The highest BCUT2D eigenvalue weighted by molar-refractivity contribution is 7.09. The lowest BCUT2D eigenvalue weighted by Gasteiger charge is -2.21. The predicted molar refractivity (Wildman–Crippen MR) is 85.6 cm³/mol. The van der Waals surface area contributed by atoms with E-state index in [4.69, 9.17) is 4.74 Å². The number of nitrogens with one attached hydrogen (secondary N) is 1. The number of thiazole rings is 1. The fourth-order valence-electron chi connectivity index (χ4n) is 1.72. The molecular formula is C14H25FN4OS. The molecule has 0 bridgehead atoms. The molecule has 1 unspecified atom stereocenters. The SMILES string of the molecule is CCNC(=NCCCF)N(C)Cc1csc(C(C)OC)n1. The molecule has 1 aromatic heterocycles. The molecule has 0 aliphatic heterocycles. The van der Waals surface area contributed by atoms with Crippen LogP contribution in [0, 0.1) is 0 Å². The van der Waals surface area contributed by atoms with Crippen molar-refractivity contribution < 1.29 is 9.13 Å². The van der Waals surface area contributed by atoms with E-state index in [1.54, 1.807) is 18.4 Å². The van der Waals surface area contributed by atoms with Crippen LogP contribution in [0.3, 0.4) is 0 Å². The van der Waals surface area contributed by atoms with Crippen LogP contribution >= 0.6 is 11.3 Å². The molecule has 1 heterocycles. The summed E-state index contributed by atoms with van der Waals surface area (Å²) in [5, 5.41) is 6.21. The highest BCUT2D eigenvalue weighted by Crippen LogP contribution is 2.20. The van der Waals surface area contributed by atoms with E-state index in [9.17, 15) is 4.39 Å². The van der Waals surface area contributed by atoms with Gasteiger partial charge in [0.2, 0.25) is 0 Å². The molecule has 0 saturated heterocycles. The van der Waals surface area contributed by atoms with Gasteiger partial charge in [-0.2, -0.15) is 0 Å². The van der Waals surface area contributed by atoms with Gasteiger partial charge in [-0.15, -0.1) is 11.3 Å². The molecule has 0 aromatic carbocycles. The smallest absolute Gasteiger partial charge is 0.194 e. The lowest BCUT2D eigenvalue weighted by atomic mass is 10.4. The summed E-state index contributed by atoms with van der Waals surface area (Å²) in [4.78, 5) is 11.0. The Morgan fingerprint density at radius 3 is 3.00 bits per heavy atom. The monoisotopic (exact) mass is 316 g/mol. The summed E-state index contributed by atoms with van der Waals surface area (Å²) in [7, 11) is 3.63. The highest BCUT2D eigenvalue weighted by Gasteiger charge is 2.12. The van der Waals surface area contributed by atoms with E-state index in [0.29, 0.717) is 19.5 Å². The van der Waals surface area contributed by atoms with Crippen molar-refractivity contribution in [3.05, 3.63) is 16.1 Å². The molecule has 0 aliphatic carbocycles. The zero-order chi connectivity index (χ0) is 15.7. The van der Waals surface area contributed by atoms with Crippen molar-refractivity contribution in [3.63, 3.8) is 0 Å². The third-order valence-corrected chi connectivity index (χ3v) is 3.97. The second kappa shape index (κ2) is 9.68. The maximum atomic E-state index is 12.2. The molecule has 21 heavy (non-hydrogen) atoms. The van der Waals surface area contributed by atoms with E-state index in [0.717, 1.165) is 23.2 Å². The first-order chi connectivity index (χ1) is 10.1. The number of guanidine groups is 1. The van der Waals surface area contributed by atoms with Crippen LogP contribution in [0.4, 0.5) is 4.39 Å². The van der Waals surface area contributed by atoms with Crippen LogP contribution in [0.25, 0.3) is 0 Å². The fraction of sp³-hybridized carbons (Fsp3) is 0.714. The van der Waals surface area contributed by atoms with E-state index >= 15 is 0 Å². The molecule has 0 saturated carbocycles. The van der Waals surface area contributed by atoms with Gasteiger partial charge in [-0.3, -0.25) is 9.38 Å². The summed E-state index contributed by atoms with van der Waals surface area (Å²) in [6.07, 6.45) is 0.468. The second-order valence-electron chi connectivity index (χ2n) is 4.69. The summed E-state index contributed by atoms with van der Waals surface area (Å²) < 4.78 is 17.4. The number of ether oxygens (including phenoxy) is 1. The van der Waals surface area contributed by atoms with Gasteiger partial charge in [-0.1, -0.05) is 0 Å². The number of aromatic nitrogens is 1. The zero-order valence-corrected chi connectivity index (χ0v) is 14.0. The number of hydrogen-bond donors (Lipinski definition) is 1. The minimum atomic E-state index is -0.336. The minimum absolute atomic E-state index is 0.0144. The first-order valence-corrected chi connectivity index (χ1v) is 8.02. The lowest BCUT2D eigenvalue weighted by molar-refractivity contribution is 0.119. The van der Waals surface area contributed by atoms with E-state index in [2.05, 4.69) is 15.3 Å². The molecule has 0 spiro atoms. The van der Waals surface area contributed by atoms with Gasteiger partial charge < -0.3 is 15.0 Å². The van der Waals surface area contributed by atoms with E-state index in [1.807, 2.05) is 31.2 Å². The molecular weight excluding hydrogens is 291 g/mol. The van der Waals surface area contributed by atoms with E-state index in [1.165, 1.54) is 0 Å². The van der Waals surface area contributed by atoms with Crippen molar-refractivity contribution in [3.8, 4) is 0 Å². The van der Waals surface area contributed by atoms with Crippen molar-refractivity contribution >= 4 is 17.3 Å². The molecule has 120 valence electrons. The molecule has 1 atom stereocenters. The zero-order valence-electron chi connectivity index (χ0n) is 13.2. The van der Waals surface area contributed by atoms with E-state index in [-0.39, 0.29) is 12.8 Å². The molecule has 0 radical (unpaired) electrons. The average Bonchev–Trinajstić information content (AvgIpc) is 2.94. The molecule has 0 fully saturated rings. The number of rotatable bonds is 8. The minimum Gasteiger partial charge on any atom is -0.375 e. The van der Waals surface area contributed by atoms with Crippen LogP contribution in [0.2, 0.25) is 0 Å². The Morgan fingerprint density at radius 1 is 1.62 bits per heavy atom. The average molecular weight is 316 g/mol. The van der Waals surface area contributed by atoms with Crippen LogP contribution < -0.4 is 5.32 Å². The molecule has 1 N–H and O–H groups in total. The molecule has 7 heteroatoms. The first kappa shape index (κ1) is 17.8. The number of methoxy groups -OCH3 is 1. The largest absolute Gasteiger partial charge is 0.375 e. The third kappa shape index (κ3) is 5.97. The molecule has 1 rings (SSSR count). The van der Waals surface area contributed by atoms with Crippen LogP contribution in [0.5, 0.6) is 0 Å². The summed E-state index contributed by atoms with van der Waals surface area (Å²) in [5.41, 5.74) is 0.984. The van der Waals surface area contributed by atoms with Crippen LogP contribution in [-0.4, -0.2) is 49.8 Å². The molecule has 1 aromatic rings. The first-order valence-electron chi connectivity index (χ1n) is 7.14. The summed E-state index contributed by atoms with van der Waals surface area (Å²) in [5.74, 6) is 0.778. The highest BCUT2D eigenvalue weighted by atomic mass is 32.1. The fourth-order valence-corrected chi connectivity index (χ4v) is 2.56. The predicted octanol–water partition coefficient (Wildman–Crippen LogP) is 2.61. The molecule has 0 aliphatic rings. The lowest BCUT2D eigenvalue weighted by Crippen LogP contribution is -2.38. The summed E-state index contributed by atoms with van der Waals surface area (Å²) in [6, 6.07) is 0.